The molecule has 0 aliphatic carbocycles. The second kappa shape index (κ2) is 8.16. The van der Waals surface area contributed by atoms with Gasteiger partial charge in [0.25, 0.3) is 10.0 Å². The molecule has 152 valence electrons. The Morgan fingerprint density at radius 1 is 0.933 bits per heavy atom. The van der Waals surface area contributed by atoms with Crippen LogP contribution in [0.3, 0.4) is 0 Å². The number of para-hydroxylation sites is 1. The molecule has 0 atom stereocenters. The highest BCUT2D eigenvalue weighted by Crippen LogP contribution is 2.30. The van der Waals surface area contributed by atoms with E-state index in [1.807, 2.05) is 50.2 Å². The van der Waals surface area contributed by atoms with E-state index in [1.165, 1.54) is 17.7 Å². The number of nitrogens with zero attached hydrogens (tertiary/aromatic N) is 1. The minimum absolute atomic E-state index is 0.169. The van der Waals surface area contributed by atoms with Gasteiger partial charge < -0.3 is 4.74 Å². The zero-order chi connectivity index (χ0) is 21.1. The molecule has 0 unspecified atom stereocenters. The predicted molar refractivity (Wildman–Crippen MR) is 120 cm³/mol. The summed E-state index contributed by atoms with van der Waals surface area (Å²) in [6.45, 7) is 4.44. The van der Waals surface area contributed by atoms with Gasteiger partial charge in [0.2, 0.25) is 0 Å². The Morgan fingerprint density at radius 2 is 1.70 bits per heavy atom. The lowest BCUT2D eigenvalue weighted by molar-refractivity contribution is 0.340. The molecule has 0 aliphatic rings. The van der Waals surface area contributed by atoms with Gasteiger partial charge in [-0.15, -0.1) is 0 Å². The Kier molecular flexibility index (Phi) is 5.42. The SMILES string of the molecule is CCOc1ccc(S(=O)(=O)Nc2ccccc2-c2ccc3cc(C)ccc3n2)cc1. The fourth-order valence-corrected chi connectivity index (χ4v) is 4.36. The average molecular weight is 419 g/mol. The number of benzene rings is 3. The van der Waals surface area contributed by atoms with Crippen LogP contribution in [0.25, 0.3) is 22.2 Å². The standard InChI is InChI=1S/C24H22N2O3S/c1-3-29-19-10-12-20(13-11-19)30(27,28)26-24-7-5-4-6-21(24)23-15-9-18-16-17(2)8-14-22(18)25-23/h4-16,26H,3H2,1-2H3. The zero-order valence-electron chi connectivity index (χ0n) is 16.8. The fourth-order valence-electron chi connectivity index (χ4n) is 3.28. The summed E-state index contributed by atoms with van der Waals surface area (Å²) in [5.74, 6) is 0.632. The van der Waals surface area contributed by atoms with Gasteiger partial charge in [-0.2, -0.15) is 0 Å². The van der Waals surface area contributed by atoms with Gasteiger partial charge in [-0.05, 0) is 62.4 Å². The number of hydrogen-bond acceptors (Lipinski definition) is 4. The van der Waals surface area contributed by atoms with E-state index in [-0.39, 0.29) is 4.90 Å². The first kappa shape index (κ1) is 19.9. The summed E-state index contributed by atoms with van der Waals surface area (Å²) in [4.78, 5) is 4.90. The maximum absolute atomic E-state index is 12.9. The van der Waals surface area contributed by atoms with Crippen LogP contribution in [0.15, 0.2) is 83.8 Å². The number of hydrogen-bond donors (Lipinski definition) is 1. The van der Waals surface area contributed by atoms with Crippen molar-refractivity contribution >= 4 is 26.6 Å². The molecule has 0 amide bonds. The Balaban J connectivity index is 1.69. The fraction of sp³-hybridized carbons (Fsp3) is 0.125. The topological polar surface area (TPSA) is 68.3 Å². The van der Waals surface area contributed by atoms with Crippen molar-refractivity contribution in [3.8, 4) is 17.0 Å². The molecule has 1 N–H and O–H groups in total. The predicted octanol–water partition coefficient (Wildman–Crippen LogP) is 5.41. The lowest BCUT2D eigenvalue weighted by Gasteiger charge is -2.13. The van der Waals surface area contributed by atoms with Crippen LogP contribution in [-0.2, 0) is 10.0 Å². The van der Waals surface area contributed by atoms with Gasteiger partial charge in [0.1, 0.15) is 5.75 Å². The molecule has 30 heavy (non-hydrogen) atoms. The molecule has 0 aliphatic heterocycles. The highest BCUT2D eigenvalue weighted by molar-refractivity contribution is 7.92. The quantitative estimate of drug-likeness (QED) is 0.455. The van der Waals surface area contributed by atoms with E-state index in [4.69, 9.17) is 9.72 Å². The molecule has 1 heterocycles. The molecule has 0 saturated carbocycles. The molecule has 1 aromatic heterocycles. The summed E-state index contributed by atoms with van der Waals surface area (Å²) in [7, 11) is -3.76. The van der Waals surface area contributed by atoms with E-state index in [0.29, 0.717) is 23.7 Å². The summed E-state index contributed by atoms with van der Waals surface area (Å²) in [6, 6.07) is 23.6. The van der Waals surface area contributed by atoms with Gasteiger partial charge in [-0.25, -0.2) is 13.4 Å². The number of fused-ring (bicyclic) bond motifs is 1. The van der Waals surface area contributed by atoms with Crippen molar-refractivity contribution in [2.75, 3.05) is 11.3 Å². The van der Waals surface area contributed by atoms with Crippen LogP contribution < -0.4 is 9.46 Å². The van der Waals surface area contributed by atoms with Crippen LogP contribution >= 0.6 is 0 Å². The molecule has 3 aromatic carbocycles. The van der Waals surface area contributed by atoms with Crippen molar-refractivity contribution in [3.63, 3.8) is 0 Å². The normalized spacial score (nSPS) is 11.4. The molecule has 0 fully saturated rings. The second-order valence-electron chi connectivity index (χ2n) is 6.95. The lowest BCUT2D eigenvalue weighted by Crippen LogP contribution is -2.13. The third kappa shape index (κ3) is 4.14. The van der Waals surface area contributed by atoms with Gasteiger partial charge in [-0.3, -0.25) is 4.72 Å². The number of aryl methyl sites for hydroxylation is 1. The van der Waals surface area contributed by atoms with Crippen molar-refractivity contribution in [1.82, 2.24) is 4.98 Å². The molecule has 5 nitrogen and oxygen atoms in total. The van der Waals surface area contributed by atoms with E-state index in [1.54, 1.807) is 24.3 Å². The minimum Gasteiger partial charge on any atom is -0.494 e. The van der Waals surface area contributed by atoms with E-state index in [2.05, 4.69) is 10.8 Å². The first-order valence-electron chi connectivity index (χ1n) is 9.69. The minimum atomic E-state index is -3.76. The third-order valence-electron chi connectivity index (χ3n) is 4.74. The molecule has 0 radical (unpaired) electrons. The van der Waals surface area contributed by atoms with Gasteiger partial charge in [0.15, 0.2) is 0 Å². The molecule has 6 heteroatoms. The lowest BCUT2D eigenvalue weighted by atomic mass is 10.1. The summed E-state index contributed by atoms with van der Waals surface area (Å²) >= 11 is 0. The van der Waals surface area contributed by atoms with Crippen LogP contribution in [0.1, 0.15) is 12.5 Å². The summed E-state index contributed by atoms with van der Waals surface area (Å²) in [6.07, 6.45) is 0. The van der Waals surface area contributed by atoms with E-state index < -0.39 is 10.0 Å². The van der Waals surface area contributed by atoms with Crippen LogP contribution in [0.2, 0.25) is 0 Å². The molecular weight excluding hydrogens is 396 g/mol. The van der Waals surface area contributed by atoms with Crippen LogP contribution in [0, 0.1) is 6.92 Å². The smallest absolute Gasteiger partial charge is 0.261 e. The summed E-state index contributed by atoms with van der Waals surface area (Å²) in [5.41, 5.74) is 3.93. The van der Waals surface area contributed by atoms with Gasteiger partial charge in [-0.1, -0.05) is 35.9 Å². The van der Waals surface area contributed by atoms with Gasteiger partial charge >= 0.3 is 0 Å². The number of aromatic nitrogens is 1. The summed E-state index contributed by atoms with van der Waals surface area (Å²) < 4.78 is 34.0. The van der Waals surface area contributed by atoms with Crippen molar-refractivity contribution in [3.05, 3.63) is 84.4 Å². The van der Waals surface area contributed by atoms with E-state index >= 15 is 0 Å². The highest BCUT2D eigenvalue weighted by atomic mass is 32.2. The third-order valence-corrected chi connectivity index (χ3v) is 6.12. The van der Waals surface area contributed by atoms with Crippen LogP contribution in [0.5, 0.6) is 5.75 Å². The Labute approximate surface area is 176 Å². The first-order chi connectivity index (χ1) is 14.5. The number of anilines is 1. The average Bonchev–Trinajstić information content (AvgIpc) is 2.74. The number of ether oxygens (including phenoxy) is 1. The maximum atomic E-state index is 12.9. The number of sulfonamides is 1. The number of nitrogens with one attached hydrogen (secondary N) is 1. The molecule has 4 aromatic rings. The van der Waals surface area contributed by atoms with E-state index in [9.17, 15) is 8.42 Å². The number of pyridine rings is 1. The van der Waals surface area contributed by atoms with Crippen LogP contribution in [0.4, 0.5) is 5.69 Å². The molecule has 0 bridgehead atoms. The van der Waals surface area contributed by atoms with Crippen molar-refractivity contribution in [1.29, 1.82) is 0 Å². The van der Waals surface area contributed by atoms with E-state index in [0.717, 1.165) is 16.5 Å². The summed E-state index contributed by atoms with van der Waals surface area (Å²) in [5, 5.41) is 1.05. The monoisotopic (exact) mass is 418 g/mol. The molecule has 0 saturated heterocycles. The van der Waals surface area contributed by atoms with Crippen molar-refractivity contribution in [2.24, 2.45) is 0 Å². The van der Waals surface area contributed by atoms with Gasteiger partial charge in [0.05, 0.1) is 28.4 Å². The zero-order valence-corrected chi connectivity index (χ0v) is 17.6. The Bertz CT molecular complexity index is 1300. The molecule has 4 rings (SSSR count). The molecule has 0 spiro atoms. The second-order valence-corrected chi connectivity index (χ2v) is 8.63. The largest absolute Gasteiger partial charge is 0.494 e. The van der Waals surface area contributed by atoms with Gasteiger partial charge in [0, 0.05) is 10.9 Å². The van der Waals surface area contributed by atoms with Crippen molar-refractivity contribution in [2.45, 2.75) is 18.7 Å². The van der Waals surface area contributed by atoms with Crippen molar-refractivity contribution < 1.29 is 13.2 Å². The Hall–Kier alpha value is -3.38. The van der Waals surface area contributed by atoms with Crippen LogP contribution in [-0.4, -0.2) is 20.0 Å². The first-order valence-corrected chi connectivity index (χ1v) is 11.2. The maximum Gasteiger partial charge on any atom is 0.261 e. The Morgan fingerprint density at radius 3 is 2.47 bits per heavy atom. The molecular formula is C24H22N2O3S. The highest BCUT2D eigenvalue weighted by Gasteiger charge is 2.17. The number of rotatable bonds is 6.